The first-order valence-electron chi connectivity index (χ1n) is 8.10. The summed E-state index contributed by atoms with van der Waals surface area (Å²) in [6.45, 7) is 6.88. The van der Waals surface area contributed by atoms with E-state index in [-0.39, 0.29) is 6.04 Å². The predicted octanol–water partition coefficient (Wildman–Crippen LogP) is 2.58. The van der Waals surface area contributed by atoms with Crippen LogP contribution in [0.25, 0.3) is 0 Å². The summed E-state index contributed by atoms with van der Waals surface area (Å²) < 4.78 is 28.3. The number of amides is 1. The zero-order valence-corrected chi connectivity index (χ0v) is 15.5. The van der Waals surface area contributed by atoms with Gasteiger partial charge in [-0.05, 0) is 57.9 Å². The zero-order valence-electron chi connectivity index (χ0n) is 14.7. The molecule has 1 aromatic carbocycles. The molecule has 1 amide bonds. The molecule has 1 N–H and O–H groups in total. The van der Waals surface area contributed by atoms with Gasteiger partial charge in [0.15, 0.2) is 9.84 Å². The highest BCUT2D eigenvalue weighted by Crippen LogP contribution is 2.26. The first kappa shape index (κ1) is 18.6. The van der Waals surface area contributed by atoms with E-state index in [1.54, 1.807) is 12.1 Å². The zero-order chi connectivity index (χ0) is 18.0. The Hall–Kier alpha value is -1.76. The molecule has 0 bridgehead atoms. The number of hydrogen-bond donors (Lipinski definition) is 1. The van der Waals surface area contributed by atoms with Crippen molar-refractivity contribution in [1.29, 1.82) is 0 Å². The Kier molecular flexibility index (Phi) is 5.42. The molecule has 0 aliphatic carbocycles. The van der Waals surface area contributed by atoms with Gasteiger partial charge in [-0.25, -0.2) is 13.2 Å². The molecule has 1 unspecified atom stereocenters. The number of benzene rings is 1. The molecular formula is C17H26N2O4S. The second-order valence-electron chi connectivity index (χ2n) is 7.14. The number of anilines is 1. The van der Waals surface area contributed by atoms with Crippen LogP contribution in [0.2, 0.25) is 0 Å². The van der Waals surface area contributed by atoms with Gasteiger partial charge in [0.1, 0.15) is 5.60 Å². The van der Waals surface area contributed by atoms with Gasteiger partial charge >= 0.3 is 6.09 Å². The van der Waals surface area contributed by atoms with Gasteiger partial charge in [0.2, 0.25) is 0 Å². The molecule has 0 saturated carbocycles. The Morgan fingerprint density at radius 3 is 2.46 bits per heavy atom. The average molecular weight is 354 g/mol. The average Bonchev–Trinajstić information content (AvgIpc) is 2.91. The highest BCUT2D eigenvalue weighted by Gasteiger charge is 2.26. The summed E-state index contributed by atoms with van der Waals surface area (Å²) in [5.41, 5.74) is 0.455. The minimum Gasteiger partial charge on any atom is -0.444 e. The van der Waals surface area contributed by atoms with Gasteiger partial charge in [-0.3, -0.25) is 0 Å². The topological polar surface area (TPSA) is 75.7 Å². The summed E-state index contributed by atoms with van der Waals surface area (Å²) in [5, 5.41) is 2.82. The van der Waals surface area contributed by atoms with E-state index in [1.807, 2.05) is 32.9 Å². The molecule has 6 nitrogen and oxygen atoms in total. The third-order valence-corrected chi connectivity index (χ3v) is 4.98. The summed E-state index contributed by atoms with van der Waals surface area (Å²) >= 11 is 0. The fourth-order valence-corrected chi connectivity index (χ4v) is 3.42. The summed E-state index contributed by atoms with van der Waals surface area (Å²) in [5.74, 6) is 0. The minimum atomic E-state index is -3.19. The van der Waals surface area contributed by atoms with Gasteiger partial charge < -0.3 is 15.0 Å². The molecule has 0 aromatic heterocycles. The highest BCUT2D eigenvalue weighted by molar-refractivity contribution is 7.90. The van der Waals surface area contributed by atoms with Crippen molar-refractivity contribution >= 4 is 21.6 Å². The first-order chi connectivity index (χ1) is 11.1. The SMILES string of the molecule is CC(C)(C)OC(=O)NCC1CCCN1c1ccc(S(C)(=O)=O)cc1. The summed E-state index contributed by atoms with van der Waals surface area (Å²) in [6, 6.07) is 7.08. The maximum absolute atomic E-state index is 11.8. The van der Waals surface area contributed by atoms with Crippen molar-refractivity contribution in [3.8, 4) is 0 Å². The molecule has 1 aliphatic rings. The Morgan fingerprint density at radius 2 is 1.92 bits per heavy atom. The fourth-order valence-electron chi connectivity index (χ4n) is 2.79. The second kappa shape index (κ2) is 7.01. The van der Waals surface area contributed by atoms with Crippen molar-refractivity contribution in [2.75, 3.05) is 24.2 Å². The van der Waals surface area contributed by atoms with Gasteiger partial charge in [0, 0.05) is 31.1 Å². The number of ether oxygens (including phenoxy) is 1. The lowest BCUT2D eigenvalue weighted by Crippen LogP contribution is -2.42. The molecule has 1 heterocycles. The lowest BCUT2D eigenvalue weighted by molar-refractivity contribution is 0.0525. The lowest BCUT2D eigenvalue weighted by atomic mass is 10.2. The second-order valence-corrected chi connectivity index (χ2v) is 9.15. The molecule has 1 saturated heterocycles. The summed E-state index contributed by atoms with van der Waals surface area (Å²) in [7, 11) is -3.19. The number of nitrogens with zero attached hydrogens (tertiary/aromatic N) is 1. The van der Waals surface area contributed by atoms with E-state index in [2.05, 4.69) is 10.2 Å². The first-order valence-corrected chi connectivity index (χ1v) is 9.99. The van der Waals surface area contributed by atoms with E-state index in [0.717, 1.165) is 25.1 Å². The van der Waals surface area contributed by atoms with Crippen LogP contribution < -0.4 is 10.2 Å². The number of nitrogens with one attached hydrogen (secondary N) is 1. The minimum absolute atomic E-state index is 0.182. The van der Waals surface area contributed by atoms with E-state index >= 15 is 0 Å². The van der Waals surface area contributed by atoms with E-state index < -0.39 is 21.5 Å². The van der Waals surface area contributed by atoms with Crippen LogP contribution in [-0.2, 0) is 14.6 Å². The van der Waals surface area contributed by atoms with Crippen molar-refractivity contribution in [3.05, 3.63) is 24.3 Å². The van der Waals surface area contributed by atoms with Crippen LogP contribution in [0.4, 0.5) is 10.5 Å². The van der Waals surface area contributed by atoms with Gasteiger partial charge in [-0.1, -0.05) is 0 Å². The van der Waals surface area contributed by atoms with Crippen molar-refractivity contribution in [2.24, 2.45) is 0 Å². The molecule has 1 aliphatic heterocycles. The van der Waals surface area contributed by atoms with Crippen LogP contribution in [-0.4, -0.2) is 45.5 Å². The number of alkyl carbamates (subject to hydrolysis) is 1. The van der Waals surface area contributed by atoms with Crippen molar-refractivity contribution in [2.45, 2.75) is 50.2 Å². The van der Waals surface area contributed by atoms with Crippen molar-refractivity contribution in [1.82, 2.24) is 5.32 Å². The smallest absolute Gasteiger partial charge is 0.407 e. The largest absolute Gasteiger partial charge is 0.444 e. The van der Waals surface area contributed by atoms with E-state index in [4.69, 9.17) is 4.74 Å². The number of hydrogen-bond acceptors (Lipinski definition) is 5. The normalized spacial score (nSPS) is 18.5. The molecule has 7 heteroatoms. The Morgan fingerprint density at radius 1 is 1.29 bits per heavy atom. The predicted molar refractivity (Wildman–Crippen MR) is 94.2 cm³/mol. The Balaban J connectivity index is 1.99. The van der Waals surface area contributed by atoms with E-state index in [0.29, 0.717) is 11.4 Å². The summed E-state index contributed by atoms with van der Waals surface area (Å²) in [4.78, 5) is 14.3. The van der Waals surface area contributed by atoms with Gasteiger partial charge in [-0.15, -0.1) is 0 Å². The van der Waals surface area contributed by atoms with E-state index in [1.165, 1.54) is 6.26 Å². The van der Waals surface area contributed by atoms with Crippen LogP contribution in [0, 0.1) is 0 Å². The van der Waals surface area contributed by atoms with Crippen LogP contribution >= 0.6 is 0 Å². The molecule has 1 atom stereocenters. The molecule has 1 fully saturated rings. The van der Waals surface area contributed by atoms with Crippen LogP contribution in [0.5, 0.6) is 0 Å². The molecule has 24 heavy (non-hydrogen) atoms. The van der Waals surface area contributed by atoms with Gasteiger partial charge in [0.05, 0.1) is 4.90 Å². The van der Waals surface area contributed by atoms with Gasteiger partial charge in [0.25, 0.3) is 0 Å². The maximum Gasteiger partial charge on any atom is 0.407 e. The maximum atomic E-state index is 11.8. The molecule has 0 radical (unpaired) electrons. The van der Waals surface area contributed by atoms with Gasteiger partial charge in [-0.2, -0.15) is 0 Å². The Bertz CT molecular complexity index is 678. The standard InChI is InChI=1S/C17H26N2O4S/c1-17(2,3)23-16(20)18-12-14-6-5-11-19(14)13-7-9-15(10-8-13)24(4,21)22/h7-10,14H,5-6,11-12H2,1-4H3,(H,18,20). The lowest BCUT2D eigenvalue weighted by Gasteiger charge is -2.28. The number of carbonyl (C=O) groups is 1. The van der Waals surface area contributed by atoms with Crippen molar-refractivity contribution in [3.63, 3.8) is 0 Å². The van der Waals surface area contributed by atoms with E-state index in [9.17, 15) is 13.2 Å². The van der Waals surface area contributed by atoms with Crippen LogP contribution in [0.1, 0.15) is 33.6 Å². The fraction of sp³-hybridized carbons (Fsp3) is 0.588. The number of sulfone groups is 1. The number of rotatable bonds is 4. The van der Waals surface area contributed by atoms with Crippen LogP contribution in [0.15, 0.2) is 29.2 Å². The Labute approximate surface area is 144 Å². The monoisotopic (exact) mass is 354 g/mol. The molecule has 134 valence electrons. The quantitative estimate of drug-likeness (QED) is 0.899. The molecule has 0 spiro atoms. The third kappa shape index (κ3) is 5.12. The number of carbonyl (C=O) groups excluding carboxylic acids is 1. The summed E-state index contributed by atoms with van der Waals surface area (Å²) in [6.07, 6.45) is 2.80. The molecular weight excluding hydrogens is 328 g/mol. The highest BCUT2D eigenvalue weighted by atomic mass is 32.2. The van der Waals surface area contributed by atoms with Crippen molar-refractivity contribution < 1.29 is 17.9 Å². The third-order valence-electron chi connectivity index (χ3n) is 3.85. The molecule has 1 aromatic rings. The molecule has 2 rings (SSSR count). The van der Waals surface area contributed by atoms with Crippen LogP contribution in [0.3, 0.4) is 0 Å².